The van der Waals surface area contributed by atoms with Gasteiger partial charge in [-0.25, -0.2) is 17.7 Å². The molecule has 2 aromatic heterocycles. The molecule has 1 aliphatic rings. The molecule has 0 N–H and O–H groups in total. The number of amides is 1. The predicted octanol–water partition coefficient (Wildman–Crippen LogP) is 1.57. The summed E-state index contributed by atoms with van der Waals surface area (Å²) in [7, 11) is -1.47. The highest BCUT2D eigenvalue weighted by molar-refractivity contribution is 7.88. The second kappa shape index (κ2) is 6.76. The number of pyridine rings is 1. The van der Waals surface area contributed by atoms with Gasteiger partial charge in [-0.2, -0.15) is 0 Å². The molecule has 25 heavy (non-hydrogen) atoms. The van der Waals surface area contributed by atoms with Crippen LogP contribution in [0.2, 0.25) is 0 Å². The first-order valence-corrected chi connectivity index (χ1v) is 10.3. The Morgan fingerprint density at radius 2 is 2.16 bits per heavy atom. The Hall–Kier alpha value is -1.93. The van der Waals surface area contributed by atoms with Gasteiger partial charge in [0, 0.05) is 38.8 Å². The second-order valence-corrected chi connectivity index (χ2v) is 8.54. The SMILES string of the molecule is CCN(C)C(=O)c1nc([C@H]2CCCN(S(C)(=O)=O)C2)n2ccccc12. The van der Waals surface area contributed by atoms with E-state index in [9.17, 15) is 13.2 Å². The Balaban J connectivity index is 2.04. The van der Waals surface area contributed by atoms with E-state index in [1.807, 2.05) is 35.7 Å². The van der Waals surface area contributed by atoms with Gasteiger partial charge in [-0.1, -0.05) is 6.07 Å². The Morgan fingerprint density at radius 3 is 2.84 bits per heavy atom. The summed E-state index contributed by atoms with van der Waals surface area (Å²) in [6.45, 7) is 3.47. The number of imidazole rings is 1. The fourth-order valence-electron chi connectivity index (χ4n) is 3.29. The molecule has 1 amide bonds. The number of hydrogen-bond acceptors (Lipinski definition) is 4. The van der Waals surface area contributed by atoms with Gasteiger partial charge in [-0.3, -0.25) is 4.79 Å². The molecule has 1 atom stereocenters. The zero-order valence-electron chi connectivity index (χ0n) is 14.8. The number of fused-ring (bicyclic) bond motifs is 1. The summed E-state index contributed by atoms with van der Waals surface area (Å²) in [6, 6.07) is 5.66. The number of rotatable bonds is 4. The summed E-state index contributed by atoms with van der Waals surface area (Å²) in [5.74, 6) is 0.622. The molecule has 3 heterocycles. The van der Waals surface area contributed by atoms with Gasteiger partial charge in [0.1, 0.15) is 5.82 Å². The molecule has 0 unspecified atom stereocenters. The van der Waals surface area contributed by atoms with Crippen LogP contribution in [-0.4, -0.2) is 65.9 Å². The number of nitrogens with zero attached hydrogens (tertiary/aromatic N) is 4. The molecule has 1 aliphatic heterocycles. The second-order valence-electron chi connectivity index (χ2n) is 6.55. The fourth-order valence-corrected chi connectivity index (χ4v) is 4.20. The van der Waals surface area contributed by atoms with Crippen molar-refractivity contribution in [3.8, 4) is 0 Å². The first kappa shape index (κ1) is 17.9. The highest BCUT2D eigenvalue weighted by Gasteiger charge is 2.31. The third kappa shape index (κ3) is 3.41. The van der Waals surface area contributed by atoms with Crippen molar-refractivity contribution in [3.63, 3.8) is 0 Å². The van der Waals surface area contributed by atoms with E-state index in [0.717, 1.165) is 24.2 Å². The van der Waals surface area contributed by atoms with Gasteiger partial charge < -0.3 is 9.30 Å². The molecule has 8 heteroatoms. The van der Waals surface area contributed by atoms with E-state index >= 15 is 0 Å². The normalized spacial score (nSPS) is 19.2. The van der Waals surface area contributed by atoms with Crippen LogP contribution in [0.4, 0.5) is 0 Å². The molecule has 2 aromatic rings. The lowest BCUT2D eigenvalue weighted by Crippen LogP contribution is -2.38. The molecule has 0 aromatic carbocycles. The van der Waals surface area contributed by atoms with Gasteiger partial charge in [0.25, 0.3) is 5.91 Å². The third-order valence-corrected chi connectivity index (χ3v) is 6.09. The number of carbonyl (C=O) groups is 1. The van der Waals surface area contributed by atoms with Crippen molar-refractivity contribution in [2.75, 3.05) is 32.9 Å². The number of aromatic nitrogens is 2. The number of carbonyl (C=O) groups excluding carboxylic acids is 1. The van der Waals surface area contributed by atoms with E-state index in [1.165, 1.54) is 10.6 Å². The van der Waals surface area contributed by atoms with Crippen LogP contribution in [0, 0.1) is 0 Å². The van der Waals surface area contributed by atoms with Crippen LogP contribution < -0.4 is 0 Å². The maximum atomic E-state index is 12.7. The van der Waals surface area contributed by atoms with Crippen LogP contribution in [-0.2, 0) is 10.0 Å². The minimum absolute atomic E-state index is 0.0214. The Morgan fingerprint density at radius 1 is 1.40 bits per heavy atom. The molecule has 0 aliphatic carbocycles. The van der Waals surface area contributed by atoms with Gasteiger partial charge in [0.15, 0.2) is 5.69 Å². The zero-order valence-corrected chi connectivity index (χ0v) is 15.7. The Bertz CT molecular complexity index is 890. The predicted molar refractivity (Wildman–Crippen MR) is 96.2 cm³/mol. The van der Waals surface area contributed by atoms with E-state index in [0.29, 0.717) is 25.3 Å². The molecular formula is C17H24N4O3S. The molecule has 0 radical (unpaired) electrons. The molecule has 136 valence electrons. The molecule has 0 saturated carbocycles. The van der Waals surface area contributed by atoms with Crippen LogP contribution in [0.5, 0.6) is 0 Å². The topological polar surface area (TPSA) is 75.0 Å². The minimum atomic E-state index is -3.23. The molecule has 1 fully saturated rings. The molecule has 3 rings (SSSR count). The lowest BCUT2D eigenvalue weighted by atomic mass is 9.99. The largest absolute Gasteiger partial charge is 0.341 e. The van der Waals surface area contributed by atoms with Crippen molar-refractivity contribution in [1.29, 1.82) is 0 Å². The summed E-state index contributed by atoms with van der Waals surface area (Å²) < 4.78 is 27.2. The molecule has 1 saturated heterocycles. The highest BCUT2D eigenvalue weighted by atomic mass is 32.2. The molecule has 0 spiro atoms. The average Bonchev–Trinajstić information content (AvgIpc) is 2.99. The maximum Gasteiger partial charge on any atom is 0.274 e. The monoisotopic (exact) mass is 364 g/mol. The quantitative estimate of drug-likeness (QED) is 0.825. The standard InChI is InChI=1S/C17H24N4O3S/c1-4-19(2)17(22)15-14-9-5-6-11-21(14)16(18-15)13-8-7-10-20(12-13)25(3,23)24/h5-6,9,11,13H,4,7-8,10,12H2,1-3H3/t13-/m0/s1. The molecular weight excluding hydrogens is 340 g/mol. The molecule has 0 bridgehead atoms. The van der Waals surface area contributed by atoms with Crippen molar-refractivity contribution in [2.45, 2.75) is 25.7 Å². The van der Waals surface area contributed by atoms with Crippen LogP contribution in [0.1, 0.15) is 42.0 Å². The van der Waals surface area contributed by atoms with Crippen molar-refractivity contribution in [2.24, 2.45) is 0 Å². The summed E-state index contributed by atoms with van der Waals surface area (Å²) in [5, 5.41) is 0. The van der Waals surface area contributed by atoms with E-state index in [-0.39, 0.29) is 11.8 Å². The van der Waals surface area contributed by atoms with Crippen molar-refractivity contribution in [3.05, 3.63) is 35.9 Å². The number of piperidine rings is 1. The van der Waals surface area contributed by atoms with Crippen molar-refractivity contribution >= 4 is 21.4 Å². The van der Waals surface area contributed by atoms with Gasteiger partial charge in [-0.15, -0.1) is 0 Å². The summed E-state index contributed by atoms with van der Waals surface area (Å²) in [5.41, 5.74) is 1.19. The minimum Gasteiger partial charge on any atom is -0.341 e. The average molecular weight is 364 g/mol. The third-order valence-electron chi connectivity index (χ3n) is 4.82. The van der Waals surface area contributed by atoms with E-state index < -0.39 is 10.0 Å². The van der Waals surface area contributed by atoms with Crippen LogP contribution in [0.25, 0.3) is 5.52 Å². The van der Waals surface area contributed by atoms with Crippen LogP contribution in [0.15, 0.2) is 24.4 Å². The lowest BCUT2D eigenvalue weighted by Gasteiger charge is -2.30. The van der Waals surface area contributed by atoms with Gasteiger partial charge >= 0.3 is 0 Å². The summed E-state index contributed by atoms with van der Waals surface area (Å²) in [4.78, 5) is 18.9. The van der Waals surface area contributed by atoms with E-state index in [4.69, 9.17) is 0 Å². The highest BCUT2D eigenvalue weighted by Crippen LogP contribution is 2.29. The smallest absolute Gasteiger partial charge is 0.274 e. The van der Waals surface area contributed by atoms with Gasteiger partial charge in [0.2, 0.25) is 10.0 Å². The van der Waals surface area contributed by atoms with E-state index in [1.54, 1.807) is 11.9 Å². The van der Waals surface area contributed by atoms with E-state index in [2.05, 4.69) is 4.98 Å². The number of sulfonamides is 1. The summed E-state index contributed by atoms with van der Waals surface area (Å²) >= 11 is 0. The fraction of sp³-hybridized carbons (Fsp3) is 0.529. The van der Waals surface area contributed by atoms with Crippen LogP contribution >= 0.6 is 0 Å². The first-order valence-electron chi connectivity index (χ1n) is 8.50. The van der Waals surface area contributed by atoms with Crippen molar-refractivity contribution in [1.82, 2.24) is 18.6 Å². The maximum absolute atomic E-state index is 12.7. The summed E-state index contributed by atoms with van der Waals surface area (Å²) in [6.07, 6.45) is 4.78. The molecule has 7 nitrogen and oxygen atoms in total. The lowest BCUT2D eigenvalue weighted by molar-refractivity contribution is 0.0799. The van der Waals surface area contributed by atoms with Crippen molar-refractivity contribution < 1.29 is 13.2 Å². The van der Waals surface area contributed by atoms with Gasteiger partial charge in [-0.05, 0) is 31.9 Å². The zero-order chi connectivity index (χ0) is 18.2. The Kier molecular flexibility index (Phi) is 4.83. The van der Waals surface area contributed by atoms with Crippen LogP contribution in [0.3, 0.4) is 0 Å². The number of hydrogen-bond donors (Lipinski definition) is 0. The van der Waals surface area contributed by atoms with Gasteiger partial charge in [0.05, 0.1) is 11.8 Å². The first-order chi connectivity index (χ1) is 11.8. The Labute approximate surface area is 148 Å².